The van der Waals surface area contributed by atoms with E-state index >= 15 is 0 Å². The van der Waals surface area contributed by atoms with Crippen LogP contribution in [-0.2, 0) is 6.54 Å². The molecule has 3 rings (SSSR count). The lowest BCUT2D eigenvalue weighted by molar-refractivity contribution is 0.112. The van der Waals surface area contributed by atoms with Crippen molar-refractivity contribution in [3.8, 4) is 0 Å². The zero-order valence-corrected chi connectivity index (χ0v) is 9.23. The van der Waals surface area contributed by atoms with E-state index in [1.54, 1.807) is 0 Å². The summed E-state index contributed by atoms with van der Waals surface area (Å²) >= 11 is 0. The molecule has 0 aliphatic heterocycles. The third-order valence-electron chi connectivity index (χ3n) is 3.41. The Morgan fingerprint density at radius 1 is 1.31 bits per heavy atom. The molecule has 0 amide bonds. The van der Waals surface area contributed by atoms with E-state index in [1.807, 2.05) is 18.2 Å². The van der Waals surface area contributed by atoms with Gasteiger partial charge in [-0.1, -0.05) is 25.0 Å². The fraction of sp³-hybridized carbons (Fsp3) is 0.357. The highest BCUT2D eigenvalue weighted by Crippen LogP contribution is 2.33. The van der Waals surface area contributed by atoms with Gasteiger partial charge in [-0.2, -0.15) is 0 Å². The molecule has 0 unspecified atom stereocenters. The zero-order valence-electron chi connectivity index (χ0n) is 9.23. The molecule has 2 aromatic rings. The molecule has 1 fully saturated rings. The summed E-state index contributed by atoms with van der Waals surface area (Å²) in [5.74, 6) is 0.951. The van der Waals surface area contributed by atoms with Crippen molar-refractivity contribution in [2.24, 2.45) is 5.92 Å². The van der Waals surface area contributed by atoms with E-state index in [-0.39, 0.29) is 0 Å². The number of aromatic nitrogens is 1. The van der Waals surface area contributed by atoms with Crippen LogP contribution in [-0.4, -0.2) is 10.9 Å². The standard InChI is InChI=1S/C14H15NO/c16-10-12-3-4-13-6-8-15(14(13)9-12)7-5-11-1-2-11/h3-4,6,8-11H,1-2,5,7H2. The van der Waals surface area contributed by atoms with E-state index in [1.165, 1.54) is 30.2 Å². The predicted octanol–water partition coefficient (Wildman–Crippen LogP) is 3.25. The molecule has 0 bridgehead atoms. The smallest absolute Gasteiger partial charge is 0.150 e. The average molecular weight is 213 g/mol. The summed E-state index contributed by atoms with van der Waals surface area (Å²) in [6.07, 6.45) is 7.12. The summed E-state index contributed by atoms with van der Waals surface area (Å²) < 4.78 is 2.26. The van der Waals surface area contributed by atoms with Gasteiger partial charge in [0.2, 0.25) is 0 Å². The minimum Gasteiger partial charge on any atom is -0.347 e. The maximum absolute atomic E-state index is 10.8. The van der Waals surface area contributed by atoms with Gasteiger partial charge in [-0.15, -0.1) is 0 Å². The van der Waals surface area contributed by atoms with Crippen LogP contribution in [0.15, 0.2) is 30.5 Å². The number of carbonyl (C=O) groups is 1. The molecule has 1 heterocycles. The summed E-state index contributed by atoms with van der Waals surface area (Å²) in [7, 11) is 0. The van der Waals surface area contributed by atoms with E-state index in [9.17, 15) is 4.79 Å². The van der Waals surface area contributed by atoms with Crippen molar-refractivity contribution in [1.82, 2.24) is 4.57 Å². The van der Waals surface area contributed by atoms with Gasteiger partial charge in [-0.25, -0.2) is 0 Å². The number of hydrogen-bond acceptors (Lipinski definition) is 1. The lowest BCUT2D eigenvalue weighted by atomic mass is 10.2. The number of aldehydes is 1. The molecular formula is C14H15NO. The Labute approximate surface area is 94.9 Å². The first-order valence-corrected chi connectivity index (χ1v) is 5.91. The average Bonchev–Trinajstić information content (AvgIpc) is 3.06. The number of aryl methyl sites for hydroxylation is 1. The summed E-state index contributed by atoms with van der Waals surface area (Å²) in [6.45, 7) is 1.08. The molecule has 2 nitrogen and oxygen atoms in total. The van der Waals surface area contributed by atoms with Gasteiger partial charge in [-0.05, 0) is 29.9 Å². The largest absolute Gasteiger partial charge is 0.347 e. The molecule has 2 heteroatoms. The van der Waals surface area contributed by atoms with E-state index in [4.69, 9.17) is 0 Å². The molecule has 1 aromatic heterocycles. The highest BCUT2D eigenvalue weighted by Gasteiger charge is 2.20. The Morgan fingerprint density at radius 2 is 2.19 bits per heavy atom. The predicted molar refractivity (Wildman–Crippen MR) is 64.7 cm³/mol. The van der Waals surface area contributed by atoms with E-state index in [0.717, 1.165) is 24.3 Å². The van der Waals surface area contributed by atoms with Crippen LogP contribution in [0, 0.1) is 5.92 Å². The Kier molecular flexibility index (Phi) is 2.28. The first-order chi connectivity index (χ1) is 7.86. The Balaban J connectivity index is 1.92. The highest BCUT2D eigenvalue weighted by molar-refractivity contribution is 5.87. The van der Waals surface area contributed by atoms with Gasteiger partial charge in [0.15, 0.2) is 0 Å². The van der Waals surface area contributed by atoms with Crippen LogP contribution in [0.1, 0.15) is 29.6 Å². The lowest BCUT2D eigenvalue weighted by Crippen LogP contribution is -1.97. The van der Waals surface area contributed by atoms with Gasteiger partial charge in [0.25, 0.3) is 0 Å². The SMILES string of the molecule is O=Cc1ccc2ccn(CCC3CC3)c2c1. The van der Waals surface area contributed by atoms with Gasteiger partial charge in [-0.3, -0.25) is 4.79 Å². The maximum Gasteiger partial charge on any atom is 0.150 e. The quantitative estimate of drug-likeness (QED) is 0.714. The van der Waals surface area contributed by atoms with Crippen molar-refractivity contribution in [2.45, 2.75) is 25.8 Å². The van der Waals surface area contributed by atoms with Crippen molar-refractivity contribution in [3.05, 3.63) is 36.0 Å². The van der Waals surface area contributed by atoms with Gasteiger partial charge < -0.3 is 4.57 Å². The normalized spacial score (nSPS) is 15.5. The first-order valence-electron chi connectivity index (χ1n) is 5.91. The molecule has 0 radical (unpaired) electrons. The van der Waals surface area contributed by atoms with Gasteiger partial charge in [0, 0.05) is 23.8 Å². The van der Waals surface area contributed by atoms with Crippen LogP contribution in [0.3, 0.4) is 0 Å². The Bertz CT molecular complexity index is 523. The van der Waals surface area contributed by atoms with Crippen molar-refractivity contribution in [3.63, 3.8) is 0 Å². The molecule has 1 aliphatic carbocycles. The van der Waals surface area contributed by atoms with Crippen molar-refractivity contribution in [2.75, 3.05) is 0 Å². The second-order valence-electron chi connectivity index (χ2n) is 4.68. The molecule has 1 aliphatic rings. The van der Waals surface area contributed by atoms with E-state index in [2.05, 4.69) is 16.8 Å². The molecule has 1 aromatic carbocycles. The number of nitrogens with zero attached hydrogens (tertiary/aromatic N) is 1. The highest BCUT2D eigenvalue weighted by atomic mass is 16.1. The van der Waals surface area contributed by atoms with Crippen LogP contribution >= 0.6 is 0 Å². The molecule has 82 valence electrons. The first kappa shape index (κ1) is 9.64. The minimum absolute atomic E-state index is 0.763. The Hall–Kier alpha value is -1.57. The number of hydrogen-bond donors (Lipinski definition) is 0. The maximum atomic E-state index is 10.8. The summed E-state index contributed by atoms with van der Waals surface area (Å²) in [6, 6.07) is 8.00. The lowest BCUT2D eigenvalue weighted by Gasteiger charge is -2.04. The van der Waals surface area contributed by atoms with E-state index in [0.29, 0.717) is 0 Å². The van der Waals surface area contributed by atoms with Crippen LogP contribution in [0.25, 0.3) is 10.9 Å². The van der Waals surface area contributed by atoms with Crippen LogP contribution in [0.2, 0.25) is 0 Å². The molecule has 16 heavy (non-hydrogen) atoms. The summed E-state index contributed by atoms with van der Waals surface area (Å²) in [5.41, 5.74) is 1.95. The fourth-order valence-corrected chi connectivity index (χ4v) is 2.20. The van der Waals surface area contributed by atoms with Gasteiger partial charge in [0.05, 0.1) is 0 Å². The number of carbonyl (C=O) groups excluding carboxylic acids is 1. The summed E-state index contributed by atoms with van der Waals surface area (Å²) in [4.78, 5) is 10.8. The summed E-state index contributed by atoms with van der Waals surface area (Å²) in [5, 5.41) is 1.22. The second kappa shape index (κ2) is 3.78. The monoisotopic (exact) mass is 213 g/mol. The molecule has 0 atom stereocenters. The van der Waals surface area contributed by atoms with Crippen molar-refractivity contribution in [1.29, 1.82) is 0 Å². The Morgan fingerprint density at radius 3 is 2.94 bits per heavy atom. The number of benzene rings is 1. The van der Waals surface area contributed by atoms with Gasteiger partial charge in [0.1, 0.15) is 6.29 Å². The van der Waals surface area contributed by atoms with E-state index < -0.39 is 0 Å². The second-order valence-corrected chi connectivity index (χ2v) is 4.68. The van der Waals surface area contributed by atoms with Gasteiger partial charge >= 0.3 is 0 Å². The molecule has 1 saturated carbocycles. The van der Waals surface area contributed by atoms with Crippen molar-refractivity contribution >= 4 is 17.2 Å². The number of fused-ring (bicyclic) bond motifs is 1. The zero-order chi connectivity index (χ0) is 11.0. The third kappa shape index (κ3) is 1.75. The van der Waals surface area contributed by atoms with Crippen LogP contribution < -0.4 is 0 Å². The molecular weight excluding hydrogens is 198 g/mol. The minimum atomic E-state index is 0.763. The van der Waals surface area contributed by atoms with Crippen molar-refractivity contribution < 1.29 is 4.79 Å². The number of rotatable bonds is 4. The molecule has 0 N–H and O–H groups in total. The molecule has 0 saturated heterocycles. The van der Waals surface area contributed by atoms with Crippen LogP contribution in [0.4, 0.5) is 0 Å². The van der Waals surface area contributed by atoms with Crippen LogP contribution in [0.5, 0.6) is 0 Å². The fourth-order valence-electron chi connectivity index (χ4n) is 2.20. The topological polar surface area (TPSA) is 22.0 Å². The molecule has 0 spiro atoms. The third-order valence-corrected chi connectivity index (χ3v) is 3.41.